The van der Waals surface area contributed by atoms with E-state index >= 15 is 0 Å². The molecule has 0 unspecified atom stereocenters. The Kier molecular flexibility index (Phi) is 3.73. The first-order valence-electron chi connectivity index (χ1n) is 6.90. The number of anilines is 1. The van der Waals surface area contributed by atoms with E-state index in [0.29, 0.717) is 18.0 Å². The van der Waals surface area contributed by atoms with Crippen LogP contribution in [-0.2, 0) is 13.0 Å². The van der Waals surface area contributed by atoms with Gasteiger partial charge in [-0.2, -0.15) is 0 Å². The van der Waals surface area contributed by atoms with Gasteiger partial charge in [0.05, 0.1) is 7.11 Å². The molecule has 5 heteroatoms. The van der Waals surface area contributed by atoms with Gasteiger partial charge in [0.15, 0.2) is 0 Å². The van der Waals surface area contributed by atoms with E-state index in [9.17, 15) is 4.79 Å². The average molecular weight is 283 g/mol. The van der Waals surface area contributed by atoms with Gasteiger partial charge in [0.1, 0.15) is 0 Å². The van der Waals surface area contributed by atoms with E-state index in [4.69, 9.17) is 4.74 Å². The highest BCUT2D eigenvalue weighted by Gasteiger charge is 2.13. The Balaban J connectivity index is 1.66. The number of aromatic nitrogens is 1. The fourth-order valence-electron chi connectivity index (χ4n) is 2.40. The maximum absolute atomic E-state index is 12.2. The number of fused-ring (bicyclic) bond motifs is 1. The van der Waals surface area contributed by atoms with Crippen molar-refractivity contribution in [2.24, 2.45) is 0 Å². The minimum absolute atomic E-state index is 0.0690. The summed E-state index contributed by atoms with van der Waals surface area (Å²) in [6.07, 6.45) is 2.64. The standard InChI is InChI=1S/C16H17N3O2/c1-21-15-8-11(4-6-18-15)10-19-16(20)13-2-3-14-12(9-13)5-7-17-14/h2-4,6,8-9,17H,5,7,10H2,1H3,(H,19,20). The number of nitrogens with one attached hydrogen (secondary N) is 2. The molecular weight excluding hydrogens is 266 g/mol. The summed E-state index contributed by atoms with van der Waals surface area (Å²) in [7, 11) is 1.57. The maximum Gasteiger partial charge on any atom is 0.251 e. The zero-order valence-corrected chi connectivity index (χ0v) is 11.8. The Hall–Kier alpha value is -2.56. The zero-order valence-electron chi connectivity index (χ0n) is 11.8. The van der Waals surface area contributed by atoms with Crippen LogP contribution in [0.15, 0.2) is 36.5 Å². The summed E-state index contributed by atoms with van der Waals surface area (Å²) in [5.41, 5.74) is 3.98. The van der Waals surface area contributed by atoms with Crippen molar-refractivity contribution in [2.75, 3.05) is 19.0 Å². The first kappa shape index (κ1) is 13.4. The van der Waals surface area contributed by atoms with Gasteiger partial charge in [0, 0.05) is 36.6 Å². The Bertz CT molecular complexity index is 670. The van der Waals surface area contributed by atoms with Crippen LogP contribution in [0.2, 0.25) is 0 Å². The predicted octanol–water partition coefficient (Wildman–Crippen LogP) is 1.99. The van der Waals surface area contributed by atoms with Crippen molar-refractivity contribution in [1.29, 1.82) is 0 Å². The molecule has 0 radical (unpaired) electrons. The molecule has 5 nitrogen and oxygen atoms in total. The second-order valence-electron chi connectivity index (χ2n) is 4.94. The van der Waals surface area contributed by atoms with Crippen molar-refractivity contribution in [3.8, 4) is 5.88 Å². The summed E-state index contributed by atoms with van der Waals surface area (Å²) < 4.78 is 5.07. The van der Waals surface area contributed by atoms with E-state index < -0.39 is 0 Å². The third-order valence-corrected chi connectivity index (χ3v) is 3.54. The smallest absolute Gasteiger partial charge is 0.251 e. The van der Waals surface area contributed by atoms with Gasteiger partial charge in [-0.25, -0.2) is 4.98 Å². The van der Waals surface area contributed by atoms with Crippen molar-refractivity contribution in [2.45, 2.75) is 13.0 Å². The molecule has 0 saturated heterocycles. The summed E-state index contributed by atoms with van der Waals surface area (Å²) in [6, 6.07) is 9.44. The molecular formula is C16H17N3O2. The molecule has 0 fully saturated rings. The quantitative estimate of drug-likeness (QED) is 0.900. The van der Waals surface area contributed by atoms with Crippen LogP contribution in [0, 0.1) is 0 Å². The minimum Gasteiger partial charge on any atom is -0.481 e. The van der Waals surface area contributed by atoms with Gasteiger partial charge in [-0.1, -0.05) is 0 Å². The second-order valence-corrected chi connectivity index (χ2v) is 4.94. The van der Waals surface area contributed by atoms with Crippen LogP contribution in [0.3, 0.4) is 0 Å². The zero-order chi connectivity index (χ0) is 14.7. The van der Waals surface area contributed by atoms with Crippen LogP contribution in [0.25, 0.3) is 0 Å². The molecule has 1 aliphatic heterocycles. The highest BCUT2D eigenvalue weighted by molar-refractivity contribution is 5.95. The molecule has 0 saturated carbocycles. The number of ether oxygens (including phenoxy) is 1. The normalized spacial score (nSPS) is 12.4. The van der Waals surface area contributed by atoms with Crippen molar-refractivity contribution in [3.63, 3.8) is 0 Å². The Labute approximate surface area is 123 Å². The Morgan fingerprint density at radius 2 is 2.29 bits per heavy atom. The van der Waals surface area contributed by atoms with Crippen LogP contribution >= 0.6 is 0 Å². The highest BCUT2D eigenvalue weighted by atomic mass is 16.5. The van der Waals surface area contributed by atoms with Gasteiger partial charge in [-0.15, -0.1) is 0 Å². The molecule has 2 heterocycles. The van der Waals surface area contributed by atoms with Crippen LogP contribution in [0.1, 0.15) is 21.5 Å². The number of nitrogens with zero attached hydrogens (tertiary/aromatic N) is 1. The number of methoxy groups -OCH3 is 1. The third-order valence-electron chi connectivity index (χ3n) is 3.54. The molecule has 0 aliphatic carbocycles. The molecule has 0 atom stereocenters. The van der Waals surface area contributed by atoms with E-state index in [0.717, 1.165) is 24.2 Å². The first-order valence-corrected chi connectivity index (χ1v) is 6.90. The van der Waals surface area contributed by atoms with Gasteiger partial charge in [0.25, 0.3) is 5.91 Å². The molecule has 1 aromatic heterocycles. The van der Waals surface area contributed by atoms with Crippen molar-refractivity contribution < 1.29 is 9.53 Å². The van der Waals surface area contributed by atoms with E-state index in [-0.39, 0.29) is 5.91 Å². The van der Waals surface area contributed by atoms with Crippen LogP contribution < -0.4 is 15.4 Å². The lowest BCUT2D eigenvalue weighted by molar-refractivity contribution is 0.0951. The maximum atomic E-state index is 12.2. The van der Waals surface area contributed by atoms with Crippen molar-refractivity contribution in [3.05, 3.63) is 53.2 Å². The monoisotopic (exact) mass is 283 g/mol. The molecule has 2 N–H and O–H groups in total. The van der Waals surface area contributed by atoms with Gasteiger partial charge < -0.3 is 15.4 Å². The van der Waals surface area contributed by atoms with Gasteiger partial charge in [-0.3, -0.25) is 4.79 Å². The number of carbonyl (C=O) groups is 1. The van der Waals surface area contributed by atoms with E-state index in [1.54, 1.807) is 13.3 Å². The molecule has 1 amide bonds. The second kappa shape index (κ2) is 5.83. The predicted molar refractivity (Wildman–Crippen MR) is 80.6 cm³/mol. The number of hydrogen-bond donors (Lipinski definition) is 2. The lowest BCUT2D eigenvalue weighted by atomic mass is 10.1. The van der Waals surface area contributed by atoms with Gasteiger partial charge >= 0.3 is 0 Å². The lowest BCUT2D eigenvalue weighted by Gasteiger charge is -2.08. The topological polar surface area (TPSA) is 63.2 Å². The van der Waals surface area contributed by atoms with Crippen LogP contribution in [0.4, 0.5) is 5.69 Å². The number of carbonyl (C=O) groups excluding carboxylic acids is 1. The number of benzene rings is 1. The molecule has 21 heavy (non-hydrogen) atoms. The van der Waals surface area contributed by atoms with Crippen LogP contribution in [-0.4, -0.2) is 24.5 Å². The van der Waals surface area contributed by atoms with Crippen molar-refractivity contribution >= 4 is 11.6 Å². The molecule has 0 bridgehead atoms. The summed E-state index contributed by atoms with van der Waals surface area (Å²) in [5.74, 6) is 0.478. The molecule has 1 aliphatic rings. The average Bonchev–Trinajstić information content (AvgIpc) is 3.00. The molecule has 108 valence electrons. The van der Waals surface area contributed by atoms with E-state index in [1.807, 2.05) is 30.3 Å². The van der Waals surface area contributed by atoms with Crippen molar-refractivity contribution in [1.82, 2.24) is 10.3 Å². The molecule has 1 aromatic carbocycles. The number of amides is 1. The third kappa shape index (κ3) is 2.97. The molecule has 0 spiro atoms. The molecule has 3 rings (SSSR count). The summed E-state index contributed by atoms with van der Waals surface area (Å²) in [6.45, 7) is 1.39. The number of pyridine rings is 1. The Morgan fingerprint density at radius 1 is 1.38 bits per heavy atom. The van der Waals surface area contributed by atoms with Crippen LogP contribution in [0.5, 0.6) is 5.88 Å². The fourth-order valence-corrected chi connectivity index (χ4v) is 2.40. The van der Waals surface area contributed by atoms with Gasteiger partial charge in [-0.05, 0) is 41.8 Å². The van der Waals surface area contributed by atoms with Gasteiger partial charge in [0.2, 0.25) is 5.88 Å². The lowest BCUT2D eigenvalue weighted by Crippen LogP contribution is -2.22. The summed E-state index contributed by atoms with van der Waals surface area (Å²) >= 11 is 0. The number of hydrogen-bond acceptors (Lipinski definition) is 4. The van der Waals surface area contributed by atoms with E-state index in [1.165, 1.54) is 5.56 Å². The summed E-state index contributed by atoms with van der Waals surface area (Å²) in [5, 5.41) is 6.20. The first-order chi connectivity index (χ1) is 10.3. The number of rotatable bonds is 4. The van der Waals surface area contributed by atoms with E-state index in [2.05, 4.69) is 15.6 Å². The Morgan fingerprint density at radius 3 is 3.14 bits per heavy atom. The summed E-state index contributed by atoms with van der Waals surface area (Å²) in [4.78, 5) is 16.2. The fraction of sp³-hybridized carbons (Fsp3) is 0.250. The SMILES string of the molecule is COc1cc(CNC(=O)c2ccc3c(c2)CCN3)ccn1. The molecule has 2 aromatic rings. The minimum atomic E-state index is -0.0690. The largest absolute Gasteiger partial charge is 0.481 e. The highest BCUT2D eigenvalue weighted by Crippen LogP contribution is 2.22.